The molecule has 2 amide bonds. The predicted molar refractivity (Wildman–Crippen MR) is 91.2 cm³/mol. The van der Waals surface area contributed by atoms with E-state index in [0.717, 1.165) is 30.4 Å². The van der Waals surface area contributed by atoms with Crippen LogP contribution in [0.25, 0.3) is 0 Å². The molecule has 1 aromatic carbocycles. The van der Waals surface area contributed by atoms with E-state index in [-0.39, 0.29) is 18.1 Å². The van der Waals surface area contributed by atoms with Crippen molar-refractivity contribution in [1.82, 2.24) is 10.6 Å². The summed E-state index contributed by atoms with van der Waals surface area (Å²) in [7, 11) is 0. The topological polar surface area (TPSA) is 67.4 Å². The number of hydrogen-bond acceptors (Lipinski definition) is 3. The molecule has 5 nitrogen and oxygen atoms in total. The fourth-order valence-electron chi connectivity index (χ4n) is 3.46. The lowest BCUT2D eigenvalue weighted by molar-refractivity contribution is -0.146. The van der Waals surface area contributed by atoms with E-state index in [1.807, 2.05) is 31.2 Å². The minimum absolute atomic E-state index is 0.0332. The predicted octanol–water partition coefficient (Wildman–Crippen LogP) is 3.35. The van der Waals surface area contributed by atoms with E-state index < -0.39 is 6.04 Å². The average Bonchev–Trinajstić information content (AvgIpc) is 2.92. The van der Waals surface area contributed by atoms with Crippen molar-refractivity contribution >= 4 is 12.0 Å². The monoisotopic (exact) mass is 328 g/mol. The number of nitrogens with one attached hydrogen (secondary N) is 2. The summed E-state index contributed by atoms with van der Waals surface area (Å²) in [6.07, 6.45) is 3.06. The number of aryl methyl sites for hydroxylation is 1. The van der Waals surface area contributed by atoms with E-state index >= 15 is 0 Å². The third-order valence-electron chi connectivity index (χ3n) is 4.94. The van der Waals surface area contributed by atoms with E-state index in [1.54, 1.807) is 6.92 Å². The Morgan fingerprint density at radius 2 is 1.88 bits per heavy atom. The third kappa shape index (κ3) is 3.30. The van der Waals surface area contributed by atoms with Crippen molar-refractivity contribution in [1.29, 1.82) is 0 Å². The molecule has 0 aromatic heterocycles. The van der Waals surface area contributed by atoms with Gasteiger partial charge in [0.1, 0.15) is 6.10 Å². The number of allylic oxidation sites excluding steroid dienone is 1. The molecule has 0 radical (unpaired) electrons. The molecule has 1 aliphatic heterocycles. The van der Waals surface area contributed by atoms with Gasteiger partial charge in [0, 0.05) is 5.70 Å². The van der Waals surface area contributed by atoms with Gasteiger partial charge in [-0.2, -0.15) is 0 Å². The molecule has 0 spiro atoms. The van der Waals surface area contributed by atoms with Crippen molar-refractivity contribution in [2.45, 2.75) is 52.2 Å². The van der Waals surface area contributed by atoms with Gasteiger partial charge in [0.25, 0.3) is 0 Å². The Bertz CT molecular complexity index is 678. The van der Waals surface area contributed by atoms with E-state index in [9.17, 15) is 9.59 Å². The third-order valence-corrected chi connectivity index (χ3v) is 4.94. The highest BCUT2D eigenvalue weighted by Gasteiger charge is 2.35. The number of carbonyl (C=O) groups excluding carboxylic acids is 2. The molecule has 3 rings (SSSR count). The maximum atomic E-state index is 12.8. The summed E-state index contributed by atoms with van der Waals surface area (Å²) in [4.78, 5) is 24.7. The number of benzene rings is 1. The van der Waals surface area contributed by atoms with Crippen molar-refractivity contribution in [2.24, 2.45) is 5.92 Å². The minimum atomic E-state index is -0.483. The van der Waals surface area contributed by atoms with Crippen LogP contribution in [0.2, 0.25) is 0 Å². The number of amides is 2. The van der Waals surface area contributed by atoms with Gasteiger partial charge in [0.05, 0.1) is 11.6 Å². The number of rotatable bonds is 3. The lowest BCUT2D eigenvalue weighted by Gasteiger charge is -2.29. The van der Waals surface area contributed by atoms with Crippen molar-refractivity contribution in [2.75, 3.05) is 0 Å². The van der Waals surface area contributed by atoms with Gasteiger partial charge in [0.2, 0.25) is 0 Å². The van der Waals surface area contributed by atoms with Gasteiger partial charge in [-0.05, 0) is 44.6 Å². The number of urea groups is 1. The van der Waals surface area contributed by atoms with Gasteiger partial charge in [-0.15, -0.1) is 0 Å². The average molecular weight is 328 g/mol. The Labute approximate surface area is 142 Å². The minimum Gasteiger partial charge on any atom is -0.459 e. The number of esters is 1. The van der Waals surface area contributed by atoms with Crippen molar-refractivity contribution in [3.05, 3.63) is 46.7 Å². The molecule has 24 heavy (non-hydrogen) atoms. The van der Waals surface area contributed by atoms with Gasteiger partial charge in [-0.3, -0.25) is 0 Å². The first-order valence-corrected chi connectivity index (χ1v) is 8.51. The first-order valence-electron chi connectivity index (χ1n) is 8.51. The molecular formula is C19H24N2O3. The summed E-state index contributed by atoms with van der Waals surface area (Å²) in [5.74, 6) is 0.0446. The highest BCUT2D eigenvalue weighted by Crippen LogP contribution is 2.32. The van der Waals surface area contributed by atoms with Crippen LogP contribution in [0.4, 0.5) is 4.79 Å². The number of ether oxygens (including phenoxy) is 1. The van der Waals surface area contributed by atoms with Crippen LogP contribution in [-0.4, -0.2) is 18.1 Å². The maximum absolute atomic E-state index is 12.8. The van der Waals surface area contributed by atoms with E-state index in [1.165, 1.54) is 0 Å². The van der Waals surface area contributed by atoms with Gasteiger partial charge in [-0.25, -0.2) is 9.59 Å². The zero-order chi connectivity index (χ0) is 17.3. The molecule has 3 atom stereocenters. The molecule has 128 valence electrons. The second-order valence-corrected chi connectivity index (χ2v) is 6.83. The summed E-state index contributed by atoms with van der Waals surface area (Å²) >= 11 is 0. The lowest BCUT2D eigenvalue weighted by Crippen LogP contribution is -2.45. The van der Waals surface area contributed by atoms with Gasteiger partial charge in [-0.1, -0.05) is 36.8 Å². The van der Waals surface area contributed by atoms with Crippen LogP contribution in [0.15, 0.2) is 35.5 Å². The summed E-state index contributed by atoms with van der Waals surface area (Å²) < 4.78 is 5.76. The number of carbonyl (C=O) groups is 2. The second kappa shape index (κ2) is 6.67. The molecule has 1 fully saturated rings. The quantitative estimate of drug-likeness (QED) is 0.836. The van der Waals surface area contributed by atoms with Gasteiger partial charge >= 0.3 is 12.0 Å². The summed E-state index contributed by atoms with van der Waals surface area (Å²) in [6.45, 7) is 5.86. The smallest absolute Gasteiger partial charge is 0.338 e. The number of hydrogen-bond donors (Lipinski definition) is 2. The van der Waals surface area contributed by atoms with Crippen LogP contribution in [0.3, 0.4) is 0 Å². The fraction of sp³-hybridized carbons (Fsp3) is 0.474. The van der Waals surface area contributed by atoms with Crippen molar-refractivity contribution < 1.29 is 14.3 Å². The van der Waals surface area contributed by atoms with Crippen molar-refractivity contribution in [3.63, 3.8) is 0 Å². The fourth-order valence-corrected chi connectivity index (χ4v) is 3.46. The maximum Gasteiger partial charge on any atom is 0.338 e. The summed E-state index contributed by atoms with van der Waals surface area (Å²) in [5.41, 5.74) is 3.04. The largest absolute Gasteiger partial charge is 0.459 e. The molecule has 1 aromatic rings. The van der Waals surface area contributed by atoms with Crippen LogP contribution >= 0.6 is 0 Å². The molecular weight excluding hydrogens is 304 g/mol. The van der Waals surface area contributed by atoms with Crippen LogP contribution in [-0.2, 0) is 9.53 Å². The highest BCUT2D eigenvalue weighted by atomic mass is 16.5. The normalized spacial score (nSPS) is 26.8. The summed E-state index contributed by atoms with van der Waals surface area (Å²) in [5, 5.41) is 5.53. The molecule has 1 saturated carbocycles. The Morgan fingerprint density at radius 1 is 1.17 bits per heavy atom. The van der Waals surface area contributed by atoms with Gasteiger partial charge in [0.15, 0.2) is 0 Å². The van der Waals surface area contributed by atoms with Gasteiger partial charge < -0.3 is 15.4 Å². The molecule has 2 aliphatic rings. The Kier molecular flexibility index (Phi) is 4.60. The molecule has 0 unspecified atom stereocenters. The van der Waals surface area contributed by atoms with Crippen molar-refractivity contribution in [3.8, 4) is 0 Å². The highest BCUT2D eigenvalue weighted by molar-refractivity contribution is 5.95. The summed E-state index contributed by atoms with van der Waals surface area (Å²) in [6, 6.07) is 7.03. The molecule has 5 heteroatoms. The lowest BCUT2D eigenvalue weighted by atomic mass is 9.95. The zero-order valence-corrected chi connectivity index (χ0v) is 14.4. The zero-order valence-electron chi connectivity index (χ0n) is 14.4. The first kappa shape index (κ1) is 16.6. The van der Waals surface area contributed by atoms with E-state index in [0.29, 0.717) is 17.2 Å². The second-order valence-electron chi connectivity index (χ2n) is 6.83. The van der Waals surface area contributed by atoms with E-state index in [4.69, 9.17) is 4.74 Å². The SMILES string of the molecule is CC1=C(C(=O)O[C@@H]2CCC[C@@H]2C)[C@@H](c2ccc(C)cc2)NC(=O)N1. The van der Waals surface area contributed by atoms with Crippen LogP contribution in [0.1, 0.15) is 50.3 Å². The van der Waals surface area contributed by atoms with Crippen LogP contribution in [0.5, 0.6) is 0 Å². The Hall–Kier alpha value is -2.30. The molecule has 1 aliphatic carbocycles. The van der Waals surface area contributed by atoms with Crippen LogP contribution in [0, 0.1) is 12.8 Å². The molecule has 0 bridgehead atoms. The first-order chi connectivity index (χ1) is 11.5. The van der Waals surface area contributed by atoms with Crippen LogP contribution < -0.4 is 10.6 Å². The standard InChI is InChI=1S/C19H24N2O3/c1-11-7-9-14(10-8-11)17-16(13(3)20-19(23)21-17)18(22)24-15-6-4-5-12(15)2/h7-10,12,15,17H,4-6H2,1-3H3,(H2,20,21,23)/t12-,15+,17+/m0/s1. The molecule has 1 heterocycles. The van der Waals surface area contributed by atoms with E-state index in [2.05, 4.69) is 17.6 Å². The Morgan fingerprint density at radius 3 is 2.50 bits per heavy atom. The molecule has 2 N–H and O–H groups in total. The molecule has 0 saturated heterocycles. The Balaban J connectivity index is 1.88.